The molecule has 2 nitrogen and oxygen atoms in total. The third-order valence-electron chi connectivity index (χ3n) is 2.64. The molecule has 0 amide bonds. The van der Waals surface area contributed by atoms with E-state index in [9.17, 15) is 5.11 Å². The maximum atomic E-state index is 9.60. The van der Waals surface area contributed by atoms with Gasteiger partial charge in [0.25, 0.3) is 0 Å². The van der Waals surface area contributed by atoms with Crippen molar-refractivity contribution in [3.05, 3.63) is 33.3 Å². The van der Waals surface area contributed by atoms with Gasteiger partial charge in [-0.3, -0.25) is 0 Å². The van der Waals surface area contributed by atoms with E-state index in [0.29, 0.717) is 16.5 Å². The first-order chi connectivity index (χ1) is 6.59. The Morgan fingerprint density at radius 2 is 2.07 bits per heavy atom. The molecule has 0 radical (unpaired) electrons. The smallest absolute Gasteiger partial charge is 0.0736 e. The number of aryl methyl sites for hydroxylation is 1. The summed E-state index contributed by atoms with van der Waals surface area (Å²) >= 11 is 11.9. The summed E-state index contributed by atoms with van der Waals surface area (Å²) in [7, 11) is 0. The van der Waals surface area contributed by atoms with E-state index in [0.717, 1.165) is 17.5 Å². The molecule has 0 spiro atoms. The fourth-order valence-corrected chi connectivity index (χ4v) is 2.56. The van der Waals surface area contributed by atoms with Gasteiger partial charge in [-0.1, -0.05) is 23.2 Å². The normalized spacial score (nSPS) is 26.0. The van der Waals surface area contributed by atoms with Crippen molar-refractivity contribution in [2.24, 2.45) is 5.73 Å². The van der Waals surface area contributed by atoms with Gasteiger partial charge in [-0.2, -0.15) is 0 Å². The zero-order valence-corrected chi connectivity index (χ0v) is 9.02. The molecule has 0 heterocycles. The second kappa shape index (κ2) is 3.70. The van der Waals surface area contributed by atoms with Gasteiger partial charge in [0.1, 0.15) is 0 Å². The number of aliphatic hydroxyl groups is 1. The number of nitrogens with two attached hydrogens (primary N) is 1. The molecule has 0 aromatic heterocycles. The maximum absolute atomic E-state index is 9.60. The highest BCUT2D eigenvalue weighted by molar-refractivity contribution is 6.35. The van der Waals surface area contributed by atoms with Crippen molar-refractivity contribution < 1.29 is 5.11 Å². The molecule has 3 N–H and O–H groups in total. The van der Waals surface area contributed by atoms with Crippen LogP contribution in [0.25, 0.3) is 0 Å². The zero-order chi connectivity index (χ0) is 10.3. The highest BCUT2D eigenvalue weighted by atomic mass is 35.5. The van der Waals surface area contributed by atoms with Crippen LogP contribution in [0.5, 0.6) is 0 Å². The number of benzene rings is 1. The number of hydrogen-bond acceptors (Lipinski definition) is 2. The Labute approximate surface area is 92.6 Å². The molecule has 0 saturated heterocycles. The van der Waals surface area contributed by atoms with Crippen LogP contribution in [-0.2, 0) is 6.42 Å². The molecule has 2 atom stereocenters. The van der Waals surface area contributed by atoms with Crippen LogP contribution in [0.2, 0.25) is 10.0 Å². The number of halogens is 2. The van der Waals surface area contributed by atoms with Crippen LogP contribution in [0.4, 0.5) is 0 Å². The van der Waals surface area contributed by atoms with Crippen LogP contribution in [0, 0.1) is 0 Å². The highest BCUT2D eigenvalue weighted by Crippen LogP contribution is 2.35. The Morgan fingerprint density at radius 1 is 1.36 bits per heavy atom. The highest BCUT2D eigenvalue weighted by Gasteiger charge is 2.27. The van der Waals surface area contributed by atoms with Crippen molar-refractivity contribution in [3.8, 4) is 0 Å². The summed E-state index contributed by atoms with van der Waals surface area (Å²) in [5.41, 5.74) is 7.76. The average molecular weight is 232 g/mol. The molecule has 1 aromatic carbocycles. The van der Waals surface area contributed by atoms with E-state index >= 15 is 0 Å². The van der Waals surface area contributed by atoms with Crippen LogP contribution < -0.4 is 5.73 Å². The minimum atomic E-state index is -0.499. The topological polar surface area (TPSA) is 46.2 Å². The van der Waals surface area contributed by atoms with Crippen molar-refractivity contribution in [2.45, 2.75) is 25.0 Å². The van der Waals surface area contributed by atoms with E-state index in [-0.39, 0.29) is 6.04 Å². The number of hydrogen-bond donors (Lipinski definition) is 2. The molecule has 1 aliphatic rings. The molecule has 1 aliphatic carbocycles. The Hall–Kier alpha value is -0.280. The van der Waals surface area contributed by atoms with Gasteiger partial charge in [0.05, 0.1) is 12.1 Å². The molecule has 2 rings (SSSR count). The fraction of sp³-hybridized carbons (Fsp3) is 0.400. The van der Waals surface area contributed by atoms with E-state index in [2.05, 4.69) is 0 Å². The van der Waals surface area contributed by atoms with Crippen LogP contribution >= 0.6 is 23.2 Å². The molecule has 4 heteroatoms. The predicted molar refractivity (Wildman–Crippen MR) is 57.7 cm³/mol. The third kappa shape index (κ3) is 1.63. The van der Waals surface area contributed by atoms with Crippen LogP contribution in [0.1, 0.15) is 23.6 Å². The van der Waals surface area contributed by atoms with Gasteiger partial charge in [-0.15, -0.1) is 0 Å². The molecular weight excluding hydrogens is 221 g/mol. The lowest BCUT2D eigenvalue weighted by atomic mass is 9.86. The zero-order valence-electron chi connectivity index (χ0n) is 7.50. The quantitative estimate of drug-likeness (QED) is 0.720. The number of rotatable bonds is 0. The third-order valence-corrected chi connectivity index (χ3v) is 3.17. The Balaban J connectivity index is 2.54. The minimum Gasteiger partial charge on any atom is -0.391 e. The monoisotopic (exact) mass is 231 g/mol. The average Bonchev–Trinajstić information content (AvgIpc) is 2.10. The van der Waals surface area contributed by atoms with E-state index in [4.69, 9.17) is 28.9 Å². The van der Waals surface area contributed by atoms with Crippen molar-refractivity contribution in [1.29, 1.82) is 0 Å². The molecule has 14 heavy (non-hydrogen) atoms. The SMILES string of the molecule is N[C@@H]1c2c(Cl)cc(Cl)cc2CC[C@@H]1O. The summed E-state index contributed by atoms with van der Waals surface area (Å²) in [6.07, 6.45) is 0.955. The molecule has 1 aromatic rings. The van der Waals surface area contributed by atoms with Crippen molar-refractivity contribution in [2.75, 3.05) is 0 Å². The summed E-state index contributed by atoms with van der Waals surface area (Å²) in [6.45, 7) is 0. The summed E-state index contributed by atoms with van der Waals surface area (Å²) in [5.74, 6) is 0. The second-order valence-corrected chi connectivity index (χ2v) is 4.44. The van der Waals surface area contributed by atoms with Crippen LogP contribution in [0.3, 0.4) is 0 Å². The molecule has 0 unspecified atom stereocenters. The second-order valence-electron chi connectivity index (χ2n) is 3.59. The summed E-state index contributed by atoms with van der Waals surface area (Å²) < 4.78 is 0. The summed E-state index contributed by atoms with van der Waals surface area (Å²) in [6, 6.07) is 3.15. The van der Waals surface area contributed by atoms with Gasteiger partial charge in [-0.25, -0.2) is 0 Å². The Morgan fingerprint density at radius 3 is 2.79 bits per heavy atom. The lowest BCUT2D eigenvalue weighted by Gasteiger charge is -2.28. The van der Waals surface area contributed by atoms with Gasteiger partial charge in [0, 0.05) is 10.0 Å². The molecule has 0 fully saturated rings. The van der Waals surface area contributed by atoms with Crippen molar-refractivity contribution >= 4 is 23.2 Å². The maximum Gasteiger partial charge on any atom is 0.0736 e. The van der Waals surface area contributed by atoms with Crippen molar-refractivity contribution in [3.63, 3.8) is 0 Å². The Bertz CT molecular complexity index is 367. The van der Waals surface area contributed by atoms with E-state index < -0.39 is 6.10 Å². The molecule has 0 aliphatic heterocycles. The van der Waals surface area contributed by atoms with Gasteiger partial charge >= 0.3 is 0 Å². The van der Waals surface area contributed by atoms with Crippen LogP contribution in [0.15, 0.2) is 12.1 Å². The first kappa shape index (κ1) is 10.2. The van der Waals surface area contributed by atoms with Gasteiger partial charge < -0.3 is 10.8 Å². The molecule has 76 valence electrons. The predicted octanol–water partition coefficient (Wildman–Crippen LogP) is 2.30. The number of aliphatic hydroxyl groups excluding tert-OH is 1. The first-order valence-corrected chi connectivity index (χ1v) is 5.26. The van der Waals surface area contributed by atoms with Gasteiger partial charge in [0.2, 0.25) is 0 Å². The van der Waals surface area contributed by atoms with E-state index in [1.54, 1.807) is 6.07 Å². The number of fused-ring (bicyclic) bond motifs is 1. The van der Waals surface area contributed by atoms with E-state index in [1.807, 2.05) is 6.07 Å². The van der Waals surface area contributed by atoms with Crippen molar-refractivity contribution in [1.82, 2.24) is 0 Å². The summed E-state index contributed by atoms with van der Waals surface area (Å²) in [4.78, 5) is 0. The molecular formula is C10H11Cl2NO. The van der Waals surface area contributed by atoms with Crippen LogP contribution in [-0.4, -0.2) is 11.2 Å². The lowest BCUT2D eigenvalue weighted by Crippen LogP contribution is -2.31. The van der Waals surface area contributed by atoms with E-state index in [1.165, 1.54) is 0 Å². The Kier molecular flexibility index (Phi) is 2.71. The first-order valence-electron chi connectivity index (χ1n) is 4.51. The fourth-order valence-electron chi connectivity index (χ4n) is 1.89. The molecule has 0 saturated carbocycles. The molecule has 0 bridgehead atoms. The van der Waals surface area contributed by atoms with Gasteiger partial charge in [0.15, 0.2) is 0 Å². The standard InChI is InChI=1S/C10H11Cl2NO/c11-6-3-5-1-2-8(14)10(13)9(5)7(12)4-6/h3-4,8,10,14H,1-2,13H2/t8-,10-/m0/s1. The lowest BCUT2D eigenvalue weighted by molar-refractivity contribution is 0.128. The van der Waals surface area contributed by atoms with Gasteiger partial charge in [-0.05, 0) is 36.1 Å². The minimum absolute atomic E-state index is 0.386. The largest absolute Gasteiger partial charge is 0.391 e. The summed E-state index contributed by atoms with van der Waals surface area (Å²) in [5, 5.41) is 10.8.